The standard InChI is InChI=1S/C10H10N2O3/c1-3-15-10(14)8-4-7(2)12(6-11)9(13)5-8/h4-5H,3H2,1-2H3. The summed E-state index contributed by atoms with van der Waals surface area (Å²) in [6, 6.07) is 2.54. The number of carbonyl (C=O) groups is 1. The highest BCUT2D eigenvalue weighted by Gasteiger charge is 2.10. The highest BCUT2D eigenvalue weighted by atomic mass is 16.5. The lowest BCUT2D eigenvalue weighted by Crippen LogP contribution is -2.20. The second-order valence-electron chi connectivity index (χ2n) is 2.88. The fourth-order valence-electron chi connectivity index (χ4n) is 1.16. The van der Waals surface area contributed by atoms with E-state index in [4.69, 9.17) is 10.00 Å². The first-order chi connectivity index (χ1) is 7.10. The van der Waals surface area contributed by atoms with Crippen molar-refractivity contribution >= 4 is 5.97 Å². The molecule has 5 heteroatoms. The van der Waals surface area contributed by atoms with E-state index in [1.807, 2.05) is 0 Å². The summed E-state index contributed by atoms with van der Waals surface area (Å²) in [7, 11) is 0. The molecule has 0 aliphatic carbocycles. The molecular formula is C10H10N2O3. The minimum atomic E-state index is -0.553. The molecule has 1 heterocycles. The summed E-state index contributed by atoms with van der Waals surface area (Å²) < 4.78 is 5.65. The van der Waals surface area contributed by atoms with Gasteiger partial charge in [0, 0.05) is 11.8 Å². The van der Waals surface area contributed by atoms with Crippen molar-refractivity contribution in [3.63, 3.8) is 0 Å². The normalized spacial score (nSPS) is 9.40. The van der Waals surface area contributed by atoms with Gasteiger partial charge >= 0.3 is 5.97 Å². The summed E-state index contributed by atoms with van der Waals surface area (Å²) >= 11 is 0. The first-order valence-corrected chi connectivity index (χ1v) is 4.41. The summed E-state index contributed by atoms with van der Waals surface area (Å²) in [4.78, 5) is 22.6. The smallest absolute Gasteiger partial charge is 0.338 e. The van der Waals surface area contributed by atoms with E-state index < -0.39 is 11.5 Å². The van der Waals surface area contributed by atoms with Crippen LogP contribution in [0.15, 0.2) is 16.9 Å². The van der Waals surface area contributed by atoms with Crippen LogP contribution in [-0.4, -0.2) is 17.1 Å². The molecule has 1 aromatic rings. The van der Waals surface area contributed by atoms with Crippen molar-refractivity contribution in [2.24, 2.45) is 0 Å². The summed E-state index contributed by atoms with van der Waals surface area (Å²) in [6.07, 6.45) is 1.71. The van der Waals surface area contributed by atoms with Gasteiger partial charge in [-0.1, -0.05) is 0 Å². The second kappa shape index (κ2) is 4.42. The van der Waals surface area contributed by atoms with Crippen LogP contribution in [-0.2, 0) is 4.74 Å². The Morgan fingerprint density at radius 2 is 2.27 bits per heavy atom. The van der Waals surface area contributed by atoms with Crippen molar-refractivity contribution in [2.75, 3.05) is 6.61 Å². The Balaban J connectivity index is 3.22. The lowest BCUT2D eigenvalue weighted by molar-refractivity contribution is 0.0526. The number of hydrogen-bond donors (Lipinski definition) is 0. The third-order valence-corrected chi connectivity index (χ3v) is 1.83. The molecule has 0 aliphatic heterocycles. The van der Waals surface area contributed by atoms with Crippen LogP contribution in [0.25, 0.3) is 0 Å². The maximum absolute atomic E-state index is 11.3. The molecule has 0 radical (unpaired) electrons. The van der Waals surface area contributed by atoms with E-state index in [0.29, 0.717) is 5.69 Å². The zero-order chi connectivity index (χ0) is 11.4. The van der Waals surface area contributed by atoms with Crippen LogP contribution in [0.2, 0.25) is 0 Å². The number of hydrogen-bond acceptors (Lipinski definition) is 4. The summed E-state index contributed by atoms with van der Waals surface area (Å²) in [5.41, 5.74) is 0.0551. The molecular weight excluding hydrogens is 196 g/mol. The fraction of sp³-hybridized carbons (Fsp3) is 0.300. The number of ether oxygens (including phenoxy) is 1. The monoisotopic (exact) mass is 206 g/mol. The third kappa shape index (κ3) is 2.23. The van der Waals surface area contributed by atoms with Gasteiger partial charge in [-0.05, 0) is 19.9 Å². The molecule has 1 aromatic heterocycles. The van der Waals surface area contributed by atoms with Crippen molar-refractivity contribution < 1.29 is 9.53 Å². The van der Waals surface area contributed by atoms with Crippen LogP contribution in [0.1, 0.15) is 23.0 Å². The van der Waals surface area contributed by atoms with E-state index in [-0.39, 0.29) is 12.2 Å². The van der Waals surface area contributed by atoms with Gasteiger partial charge in [0.15, 0.2) is 6.19 Å². The number of nitrogens with zero attached hydrogens (tertiary/aromatic N) is 2. The van der Waals surface area contributed by atoms with Crippen LogP contribution >= 0.6 is 0 Å². The largest absolute Gasteiger partial charge is 0.462 e. The molecule has 0 atom stereocenters. The number of pyridine rings is 1. The molecule has 0 spiro atoms. The van der Waals surface area contributed by atoms with Crippen LogP contribution in [0.5, 0.6) is 0 Å². The van der Waals surface area contributed by atoms with E-state index >= 15 is 0 Å². The average molecular weight is 206 g/mol. The van der Waals surface area contributed by atoms with Gasteiger partial charge in [0.05, 0.1) is 12.2 Å². The minimum Gasteiger partial charge on any atom is -0.462 e. The van der Waals surface area contributed by atoms with Crippen LogP contribution in [0, 0.1) is 18.4 Å². The summed E-state index contributed by atoms with van der Waals surface area (Å²) in [5, 5.41) is 8.63. The Labute approximate surface area is 86.5 Å². The maximum atomic E-state index is 11.3. The van der Waals surface area contributed by atoms with Crippen LogP contribution in [0.4, 0.5) is 0 Å². The molecule has 0 saturated carbocycles. The number of esters is 1. The van der Waals surface area contributed by atoms with Gasteiger partial charge in [0.2, 0.25) is 0 Å². The Morgan fingerprint density at radius 3 is 2.73 bits per heavy atom. The third-order valence-electron chi connectivity index (χ3n) is 1.83. The zero-order valence-corrected chi connectivity index (χ0v) is 8.48. The van der Waals surface area contributed by atoms with Crippen molar-refractivity contribution in [1.29, 1.82) is 5.26 Å². The lowest BCUT2D eigenvalue weighted by Gasteiger charge is -2.04. The lowest BCUT2D eigenvalue weighted by atomic mass is 10.2. The minimum absolute atomic E-state index is 0.172. The number of aromatic nitrogens is 1. The highest BCUT2D eigenvalue weighted by molar-refractivity contribution is 5.89. The Morgan fingerprint density at radius 1 is 1.60 bits per heavy atom. The summed E-state index contributed by atoms with van der Waals surface area (Å²) in [5.74, 6) is -0.553. The van der Waals surface area contributed by atoms with Gasteiger partial charge < -0.3 is 4.74 Å². The number of carbonyl (C=O) groups excluding carboxylic acids is 1. The van der Waals surface area contributed by atoms with E-state index in [1.54, 1.807) is 20.0 Å². The molecule has 0 fully saturated rings. The quantitative estimate of drug-likeness (QED) is 0.666. The van der Waals surface area contributed by atoms with Gasteiger partial charge in [-0.3, -0.25) is 4.79 Å². The Kier molecular flexibility index (Phi) is 3.24. The molecule has 0 unspecified atom stereocenters. The molecule has 78 valence electrons. The van der Waals surface area contributed by atoms with Gasteiger partial charge in [0.1, 0.15) is 0 Å². The predicted octanol–water partition coefficient (Wildman–Crippen LogP) is 0.663. The fourth-order valence-corrected chi connectivity index (χ4v) is 1.16. The molecule has 0 aromatic carbocycles. The van der Waals surface area contributed by atoms with Gasteiger partial charge in [-0.25, -0.2) is 9.36 Å². The predicted molar refractivity (Wildman–Crippen MR) is 52.4 cm³/mol. The number of rotatable bonds is 2. The maximum Gasteiger partial charge on any atom is 0.338 e. The summed E-state index contributed by atoms with van der Waals surface area (Å²) in [6.45, 7) is 3.51. The van der Waals surface area contributed by atoms with E-state index in [2.05, 4.69) is 0 Å². The van der Waals surface area contributed by atoms with Gasteiger partial charge in [0.25, 0.3) is 5.56 Å². The number of nitriles is 1. The molecule has 1 rings (SSSR count). The van der Waals surface area contributed by atoms with Crippen molar-refractivity contribution in [2.45, 2.75) is 13.8 Å². The zero-order valence-electron chi connectivity index (χ0n) is 8.48. The van der Waals surface area contributed by atoms with E-state index in [1.165, 1.54) is 6.07 Å². The molecule has 0 N–H and O–H groups in total. The highest BCUT2D eigenvalue weighted by Crippen LogP contribution is 2.02. The molecule has 0 saturated heterocycles. The van der Waals surface area contributed by atoms with E-state index in [0.717, 1.165) is 10.6 Å². The van der Waals surface area contributed by atoms with Crippen molar-refractivity contribution in [1.82, 2.24) is 4.57 Å². The average Bonchev–Trinajstić information content (AvgIpc) is 2.17. The number of aryl methyl sites for hydroxylation is 1. The Hall–Kier alpha value is -2.09. The van der Waals surface area contributed by atoms with E-state index in [9.17, 15) is 9.59 Å². The molecule has 0 bridgehead atoms. The molecule has 0 amide bonds. The van der Waals surface area contributed by atoms with Gasteiger partial charge in [-0.15, -0.1) is 0 Å². The molecule has 0 aliphatic rings. The second-order valence-corrected chi connectivity index (χ2v) is 2.88. The topological polar surface area (TPSA) is 72.1 Å². The van der Waals surface area contributed by atoms with Crippen molar-refractivity contribution in [3.05, 3.63) is 33.7 Å². The van der Waals surface area contributed by atoms with Gasteiger partial charge in [-0.2, -0.15) is 5.26 Å². The van der Waals surface area contributed by atoms with Crippen molar-refractivity contribution in [3.8, 4) is 6.19 Å². The van der Waals surface area contributed by atoms with Crippen LogP contribution in [0.3, 0.4) is 0 Å². The van der Waals surface area contributed by atoms with Crippen LogP contribution < -0.4 is 5.56 Å². The SMILES string of the molecule is CCOC(=O)c1cc(C)n(C#N)c(=O)c1. The Bertz CT molecular complexity index is 482. The first-order valence-electron chi connectivity index (χ1n) is 4.41. The molecule has 15 heavy (non-hydrogen) atoms. The first kappa shape index (κ1) is 11.0. The molecule has 5 nitrogen and oxygen atoms in total.